The summed E-state index contributed by atoms with van der Waals surface area (Å²) in [7, 11) is 3.34. The smallest absolute Gasteiger partial charge is 0.253 e. The molecule has 0 spiro atoms. The molecule has 1 amide bonds. The number of benzene rings is 1. The van der Waals surface area contributed by atoms with Gasteiger partial charge in [0.25, 0.3) is 5.91 Å². The summed E-state index contributed by atoms with van der Waals surface area (Å²) in [6, 6.07) is 5.61. The van der Waals surface area contributed by atoms with Gasteiger partial charge in [0.15, 0.2) is 0 Å². The molecule has 4 N–H and O–H groups in total. The number of carbonyl (C=O) groups excluding carboxylic acids is 1. The van der Waals surface area contributed by atoms with Crippen molar-refractivity contribution in [2.45, 2.75) is 25.0 Å². The first-order chi connectivity index (χ1) is 8.63. The van der Waals surface area contributed by atoms with Gasteiger partial charge in [-0.25, -0.2) is 0 Å². The molecule has 0 aliphatic heterocycles. The molecule has 0 bridgehead atoms. The highest BCUT2D eigenvalue weighted by molar-refractivity contribution is 6.00. The van der Waals surface area contributed by atoms with E-state index in [1.165, 1.54) is 0 Å². The third kappa shape index (κ3) is 2.56. The number of carbonyl (C=O) groups is 1. The Hall–Kier alpha value is -1.75. The van der Waals surface area contributed by atoms with Crippen LogP contribution in [-0.2, 0) is 4.74 Å². The molecule has 1 fully saturated rings. The van der Waals surface area contributed by atoms with Gasteiger partial charge in [-0.3, -0.25) is 4.79 Å². The van der Waals surface area contributed by atoms with Gasteiger partial charge in [0.1, 0.15) is 0 Å². The van der Waals surface area contributed by atoms with E-state index in [2.05, 4.69) is 10.6 Å². The minimum absolute atomic E-state index is 0.111. The zero-order chi connectivity index (χ0) is 13.1. The Balaban J connectivity index is 2.11. The van der Waals surface area contributed by atoms with Crippen LogP contribution in [0.5, 0.6) is 0 Å². The van der Waals surface area contributed by atoms with Gasteiger partial charge in [0.05, 0.1) is 11.7 Å². The summed E-state index contributed by atoms with van der Waals surface area (Å²) in [6.07, 6.45) is 2.24. The molecule has 18 heavy (non-hydrogen) atoms. The van der Waals surface area contributed by atoms with Crippen LogP contribution in [0.15, 0.2) is 18.2 Å². The molecule has 98 valence electrons. The van der Waals surface area contributed by atoms with Gasteiger partial charge in [-0.2, -0.15) is 0 Å². The summed E-state index contributed by atoms with van der Waals surface area (Å²) in [4.78, 5) is 11.7. The van der Waals surface area contributed by atoms with Crippen LogP contribution in [0.1, 0.15) is 23.2 Å². The van der Waals surface area contributed by atoms with E-state index in [4.69, 9.17) is 10.5 Å². The van der Waals surface area contributed by atoms with Crippen molar-refractivity contribution in [3.05, 3.63) is 23.8 Å². The fourth-order valence-electron chi connectivity index (χ4n) is 2.11. The summed E-state index contributed by atoms with van der Waals surface area (Å²) >= 11 is 0. The summed E-state index contributed by atoms with van der Waals surface area (Å²) in [5.41, 5.74) is 7.81. The van der Waals surface area contributed by atoms with Crippen molar-refractivity contribution in [2.75, 3.05) is 25.2 Å². The fourth-order valence-corrected chi connectivity index (χ4v) is 2.11. The monoisotopic (exact) mass is 249 g/mol. The van der Waals surface area contributed by atoms with E-state index in [1.807, 2.05) is 0 Å². The number of hydrogen-bond acceptors (Lipinski definition) is 4. The standard InChI is InChI=1S/C13H19N3O2/c1-15-13(17)11-4-3-8(14)5-12(11)16-9-6-10(7-9)18-2/h3-5,9-10,16H,6-7,14H2,1-2H3,(H,15,17). The van der Waals surface area contributed by atoms with Crippen molar-refractivity contribution < 1.29 is 9.53 Å². The van der Waals surface area contributed by atoms with E-state index in [1.54, 1.807) is 32.4 Å². The molecule has 1 aromatic rings. The fraction of sp³-hybridized carbons (Fsp3) is 0.462. The SMILES string of the molecule is CNC(=O)c1ccc(N)cc1NC1CC(OC)C1. The number of nitrogen functional groups attached to an aromatic ring is 1. The molecule has 0 saturated heterocycles. The van der Waals surface area contributed by atoms with E-state index in [-0.39, 0.29) is 5.91 Å². The number of ether oxygens (including phenoxy) is 1. The zero-order valence-corrected chi connectivity index (χ0v) is 10.7. The molecule has 5 heteroatoms. The van der Waals surface area contributed by atoms with Crippen molar-refractivity contribution in [3.63, 3.8) is 0 Å². The Morgan fingerprint density at radius 3 is 2.78 bits per heavy atom. The summed E-state index contributed by atoms with van der Waals surface area (Å²) in [5, 5.41) is 5.97. The van der Waals surface area contributed by atoms with E-state index >= 15 is 0 Å². The van der Waals surface area contributed by atoms with E-state index in [0.717, 1.165) is 18.5 Å². The van der Waals surface area contributed by atoms with E-state index < -0.39 is 0 Å². The van der Waals surface area contributed by atoms with Gasteiger partial charge in [-0.05, 0) is 31.0 Å². The van der Waals surface area contributed by atoms with Gasteiger partial charge in [-0.15, -0.1) is 0 Å². The Morgan fingerprint density at radius 1 is 1.44 bits per heavy atom. The second kappa shape index (κ2) is 5.27. The van der Waals surface area contributed by atoms with Crippen LogP contribution < -0.4 is 16.4 Å². The van der Waals surface area contributed by atoms with E-state index in [9.17, 15) is 4.79 Å². The highest BCUT2D eigenvalue weighted by Crippen LogP contribution is 2.28. The maximum absolute atomic E-state index is 11.7. The van der Waals surface area contributed by atoms with Gasteiger partial charge < -0.3 is 21.1 Å². The van der Waals surface area contributed by atoms with Crippen molar-refractivity contribution >= 4 is 17.3 Å². The summed E-state index contributed by atoms with van der Waals surface area (Å²) in [6.45, 7) is 0. The minimum Gasteiger partial charge on any atom is -0.399 e. The number of anilines is 2. The third-order valence-electron chi connectivity index (χ3n) is 3.30. The molecule has 1 aromatic carbocycles. The largest absolute Gasteiger partial charge is 0.399 e. The molecule has 1 saturated carbocycles. The van der Waals surface area contributed by atoms with Gasteiger partial charge in [-0.1, -0.05) is 0 Å². The van der Waals surface area contributed by atoms with Crippen LogP contribution in [0.2, 0.25) is 0 Å². The van der Waals surface area contributed by atoms with Gasteiger partial charge in [0.2, 0.25) is 0 Å². The molecule has 1 aliphatic rings. The average Bonchev–Trinajstić information content (AvgIpc) is 2.32. The normalized spacial score (nSPS) is 22.1. The molecule has 0 heterocycles. The van der Waals surface area contributed by atoms with Gasteiger partial charge >= 0.3 is 0 Å². The Morgan fingerprint density at radius 2 is 2.17 bits per heavy atom. The Bertz CT molecular complexity index is 442. The topological polar surface area (TPSA) is 76.4 Å². The van der Waals surface area contributed by atoms with Gasteiger partial charge in [0, 0.05) is 31.6 Å². The molecule has 1 aliphatic carbocycles. The number of hydrogen-bond donors (Lipinski definition) is 3. The molecular weight excluding hydrogens is 230 g/mol. The number of nitrogens with two attached hydrogens (primary N) is 1. The zero-order valence-electron chi connectivity index (χ0n) is 10.7. The second-order valence-corrected chi connectivity index (χ2v) is 4.55. The molecular formula is C13H19N3O2. The van der Waals surface area contributed by atoms with Crippen LogP contribution in [0.25, 0.3) is 0 Å². The highest BCUT2D eigenvalue weighted by Gasteiger charge is 2.29. The minimum atomic E-state index is -0.111. The van der Waals surface area contributed by atoms with Crippen molar-refractivity contribution in [1.29, 1.82) is 0 Å². The molecule has 0 atom stereocenters. The lowest BCUT2D eigenvalue weighted by Crippen LogP contribution is -2.40. The molecule has 0 unspecified atom stereocenters. The first-order valence-corrected chi connectivity index (χ1v) is 6.05. The number of amides is 1. The molecule has 0 radical (unpaired) electrons. The first-order valence-electron chi connectivity index (χ1n) is 6.05. The lowest BCUT2D eigenvalue weighted by atomic mass is 9.89. The molecule has 5 nitrogen and oxygen atoms in total. The Kier molecular flexibility index (Phi) is 3.72. The van der Waals surface area contributed by atoms with Crippen LogP contribution in [-0.4, -0.2) is 32.2 Å². The van der Waals surface area contributed by atoms with Crippen LogP contribution in [0, 0.1) is 0 Å². The predicted molar refractivity (Wildman–Crippen MR) is 71.7 cm³/mol. The summed E-state index contributed by atoms with van der Waals surface area (Å²) < 4.78 is 5.23. The number of nitrogens with one attached hydrogen (secondary N) is 2. The first kappa shape index (κ1) is 12.7. The number of rotatable bonds is 4. The van der Waals surface area contributed by atoms with Crippen LogP contribution >= 0.6 is 0 Å². The van der Waals surface area contributed by atoms with Crippen molar-refractivity contribution in [2.24, 2.45) is 0 Å². The third-order valence-corrected chi connectivity index (χ3v) is 3.30. The number of methoxy groups -OCH3 is 1. The summed E-state index contributed by atoms with van der Waals surface area (Å²) in [5.74, 6) is -0.111. The van der Waals surface area contributed by atoms with E-state index in [0.29, 0.717) is 23.4 Å². The van der Waals surface area contributed by atoms with Crippen molar-refractivity contribution in [3.8, 4) is 0 Å². The molecule has 0 aromatic heterocycles. The van der Waals surface area contributed by atoms with Crippen molar-refractivity contribution in [1.82, 2.24) is 5.32 Å². The molecule has 2 rings (SSSR count). The average molecular weight is 249 g/mol. The van der Waals surface area contributed by atoms with Crippen LogP contribution in [0.4, 0.5) is 11.4 Å². The quantitative estimate of drug-likeness (QED) is 0.701. The maximum Gasteiger partial charge on any atom is 0.253 e. The van der Waals surface area contributed by atoms with Crippen LogP contribution in [0.3, 0.4) is 0 Å². The predicted octanol–water partition coefficient (Wildman–Crippen LogP) is 1.22. The maximum atomic E-state index is 11.7. The lowest BCUT2D eigenvalue weighted by molar-refractivity contribution is 0.0328. The lowest BCUT2D eigenvalue weighted by Gasteiger charge is -2.35. The Labute approximate surface area is 107 Å². The highest BCUT2D eigenvalue weighted by atomic mass is 16.5. The second-order valence-electron chi connectivity index (χ2n) is 4.55.